The maximum Gasteiger partial charge on any atom is 0.214 e. The summed E-state index contributed by atoms with van der Waals surface area (Å²) in [6.45, 7) is 3.72. The average molecular weight is 296 g/mol. The molecule has 2 atom stereocenters. The number of sulfonamides is 1. The molecule has 1 saturated heterocycles. The van der Waals surface area contributed by atoms with Gasteiger partial charge in [-0.15, -0.1) is 0 Å². The zero-order valence-electron chi connectivity index (χ0n) is 12.2. The maximum absolute atomic E-state index is 12.5. The van der Waals surface area contributed by atoms with Gasteiger partial charge in [-0.1, -0.05) is 37.3 Å². The Morgan fingerprint density at radius 1 is 1.35 bits per heavy atom. The zero-order valence-corrected chi connectivity index (χ0v) is 13.1. The minimum absolute atomic E-state index is 0.0141. The average Bonchev–Trinajstić information content (AvgIpc) is 2.48. The van der Waals surface area contributed by atoms with Crippen LogP contribution < -0.4 is 5.32 Å². The summed E-state index contributed by atoms with van der Waals surface area (Å²) in [5.74, 6) is 0.185. The van der Waals surface area contributed by atoms with Gasteiger partial charge in [0.15, 0.2) is 0 Å². The van der Waals surface area contributed by atoms with E-state index in [-0.39, 0.29) is 17.7 Å². The first kappa shape index (κ1) is 15.5. The number of likely N-dealkylation sites (N-methyl/N-ethyl adjacent to an activating group) is 1. The molecule has 5 heteroatoms. The van der Waals surface area contributed by atoms with E-state index in [1.165, 1.54) is 0 Å². The largest absolute Gasteiger partial charge is 0.315 e. The number of nitrogens with one attached hydrogen (secondary N) is 1. The zero-order chi connectivity index (χ0) is 14.6. The number of benzene rings is 1. The molecule has 0 spiro atoms. The van der Waals surface area contributed by atoms with Crippen molar-refractivity contribution in [2.45, 2.75) is 31.7 Å². The number of rotatable bonds is 5. The van der Waals surface area contributed by atoms with Crippen LogP contribution in [0.5, 0.6) is 0 Å². The summed E-state index contributed by atoms with van der Waals surface area (Å²) in [7, 11) is -1.50. The number of hydrogen-bond donors (Lipinski definition) is 1. The third-order valence-corrected chi connectivity index (χ3v) is 6.15. The van der Waals surface area contributed by atoms with Gasteiger partial charge in [-0.05, 0) is 30.9 Å². The molecule has 1 heterocycles. The summed E-state index contributed by atoms with van der Waals surface area (Å²) in [6, 6.07) is 9.92. The van der Waals surface area contributed by atoms with Crippen LogP contribution in [0, 0.1) is 0 Å². The van der Waals surface area contributed by atoms with Crippen molar-refractivity contribution >= 4 is 10.0 Å². The van der Waals surface area contributed by atoms with E-state index >= 15 is 0 Å². The Hall–Kier alpha value is -0.910. The number of piperidine rings is 1. The number of hydrogen-bond acceptors (Lipinski definition) is 3. The summed E-state index contributed by atoms with van der Waals surface area (Å²) >= 11 is 0. The van der Waals surface area contributed by atoms with Gasteiger partial charge < -0.3 is 5.32 Å². The van der Waals surface area contributed by atoms with Gasteiger partial charge in [0, 0.05) is 19.6 Å². The van der Waals surface area contributed by atoms with Crippen LogP contribution >= 0.6 is 0 Å². The molecule has 1 aromatic rings. The molecule has 0 bridgehead atoms. The van der Waals surface area contributed by atoms with Gasteiger partial charge in [0.2, 0.25) is 10.0 Å². The van der Waals surface area contributed by atoms with Crippen LogP contribution in [0.15, 0.2) is 30.3 Å². The highest BCUT2D eigenvalue weighted by Gasteiger charge is 2.29. The van der Waals surface area contributed by atoms with E-state index in [1.54, 1.807) is 11.4 Å². The highest BCUT2D eigenvalue weighted by Crippen LogP contribution is 2.20. The normalized spacial score (nSPS) is 21.9. The summed E-state index contributed by atoms with van der Waals surface area (Å²) in [4.78, 5) is 0. The molecule has 0 radical (unpaired) electrons. The first-order valence-corrected chi connectivity index (χ1v) is 8.83. The van der Waals surface area contributed by atoms with Crippen LogP contribution in [0.3, 0.4) is 0 Å². The van der Waals surface area contributed by atoms with E-state index in [1.807, 2.05) is 37.3 Å². The molecule has 0 saturated carbocycles. The second kappa shape index (κ2) is 6.70. The number of nitrogens with zero attached hydrogens (tertiary/aromatic N) is 1. The van der Waals surface area contributed by atoms with E-state index in [4.69, 9.17) is 0 Å². The van der Waals surface area contributed by atoms with Gasteiger partial charge in [-0.25, -0.2) is 12.7 Å². The van der Waals surface area contributed by atoms with Gasteiger partial charge in [-0.2, -0.15) is 0 Å². The monoisotopic (exact) mass is 296 g/mol. The molecule has 20 heavy (non-hydrogen) atoms. The summed E-state index contributed by atoms with van der Waals surface area (Å²) < 4.78 is 26.6. The molecular weight excluding hydrogens is 272 g/mol. The molecule has 4 nitrogen and oxygen atoms in total. The first-order valence-electron chi connectivity index (χ1n) is 7.22. The Morgan fingerprint density at radius 3 is 2.65 bits per heavy atom. The quantitative estimate of drug-likeness (QED) is 0.901. The predicted molar refractivity (Wildman–Crippen MR) is 82.3 cm³/mol. The van der Waals surface area contributed by atoms with Crippen LogP contribution in [-0.4, -0.2) is 44.7 Å². The van der Waals surface area contributed by atoms with Crippen LogP contribution in [-0.2, 0) is 10.0 Å². The fraction of sp³-hybridized carbons (Fsp3) is 0.600. The Morgan fingerprint density at radius 2 is 2.05 bits per heavy atom. The highest BCUT2D eigenvalue weighted by molar-refractivity contribution is 7.89. The second-order valence-corrected chi connectivity index (χ2v) is 7.68. The SMILES string of the molecule is CC(CS(=O)(=O)N(C)C1CCCNC1)c1ccccc1. The summed E-state index contributed by atoms with van der Waals surface area (Å²) in [6.07, 6.45) is 1.99. The summed E-state index contributed by atoms with van der Waals surface area (Å²) in [5, 5.41) is 3.27. The standard InChI is InChI=1S/C15H24N2O2S/c1-13(14-7-4-3-5-8-14)12-20(18,19)17(2)15-9-6-10-16-11-15/h3-5,7-8,13,15-16H,6,9-12H2,1-2H3. The van der Waals surface area contributed by atoms with Gasteiger partial charge in [-0.3, -0.25) is 0 Å². The molecule has 1 aliphatic rings. The Labute approximate surface area is 122 Å². The Kier molecular flexibility index (Phi) is 5.18. The van der Waals surface area contributed by atoms with E-state index in [9.17, 15) is 8.42 Å². The topological polar surface area (TPSA) is 49.4 Å². The Balaban J connectivity index is 2.02. The van der Waals surface area contributed by atoms with E-state index in [0.717, 1.165) is 31.5 Å². The van der Waals surface area contributed by atoms with E-state index in [0.29, 0.717) is 0 Å². The molecule has 2 rings (SSSR count). The first-order chi connectivity index (χ1) is 9.50. The van der Waals surface area contributed by atoms with Crippen molar-refractivity contribution in [3.8, 4) is 0 Å². The molecule has 1 N–H and O–H groups in total. The van der Waals surface area contributed by atoms with Crippen molar-refractivity contribution in [1.29, 1.82) is 0 Å². The molecule has 1 aliphatic heterocycles. The van der Waals surface area contributed by atoms with Crippen LogP contribution in [0.1, 0.15) is 31.2 Å². The smallest absolute Gasteiger partial charge is 0.214 e. The second-order valence-electron chi connectivity index (χ2n) is 5.61. The van der Waals surface area contributed by atoms with Gasteiger partial charge >= 0.3 is 0 Å². The molecule has 112 valence electrons. The lowest BCUT2D eigenvalue weighted by molar-refractivity contribution is 0.299. The fourth-order valence-electron chi connectivity index (χ4n) is 2.68. The van der Waals surface area contributed by atoms with Crippen molar-refractivity contribution in [1.82, 2.24) is 9.62 Å². The third-order valence-electron chi connectivity index (χ3n) is 4.05. The van der Waals surface area contributed by atoms with Crippen molar-refractivity contribution in [3.63, 3.8) is 0 Å². The van der Waals surface area contributed by atoms with Gasteiger partial charge in [0.25, 0.3) is 0 Å². The van der Waals surface area contributed by atoms with E-state index in [2.05, 4.69) is 5.32 Å². The molecular formula is C15H24N2O2S. The van der Waals surface area contributed by atoms with Gasteiger partial charge in [0.05, 0.1) is 5.75 Å². The Bertz CT molecular complexity index is 510. The van der Waals surface area contributed by atoms with Crippen molar-refractivity contribution < 1.29 is 8.42 Å². The molecule has 1 fully saturated rings. The van der Waals surface area contributed by atoms with Crippen LogP contribution in [0.4, 0.5) is 0 Å². The van der Waals surface area contributed by atoms with Crippen LogP contribution in [0.25, 0.3) is 0 Å². The lowest BCUT2D eigenvalue weighted by Crippen LogP contribution is -2.47. The van der Waals surface area contributed by atoms with Crippen molar-refractivity contribution in [2.75, 3.05) is 25.9 Å². The van der Waals surface area contributed by atoms with Crippen molar-refractivity contribution in [2.24, 2.45) is 0 Å². The predicted octanol–water partition coefficient (Wildman–Crippen LogP) is 1.80. The van der Waals surface area contributed by atoms with Crippen molar-refractivity contribution in [3.05, 3.63) is 35.9 Å². The molecule has 0 amide bonds. The molecule has 1 aromatic carbocycles. The minimum Gasteiger partial charge on any atom is -0.315 e. The maximum atomic E-state index is 12.5. The minimum atomic E-state index is -3.21. The van der Waals surface area contributed by atoms with Crippen LogP contribution in [0.2, 0.25) is 0 Å². The fourth-order valence-corrected chi connectivity index (χ4v) is 4.38. The lowest BCUT2D eigenvalue weighted by Gasteiger charge is -2.31. The summed E-state index contributed by atoms with van der Waals surface area (Å²) in [5.41, 5.74) is 1.08. The third kappa shape index (κ3) is 3.81. The highest BCUT2D eigenvalue weighted by atomic mass is 32.2. The molecule has 0 aliphatic carbocycles. The lowest BCUT2D eigenvalue weighted by atomic mass is 10.0. The van der Waals surface area contributed by atoms with E-state index < -0.39 is 10.0 Å². The van der Waals surface area contributed by atoms with Gasteiger partial charge in [0.1, 0.15) is 0 Å². The molecule has 2 unspecified atom stereocenters. The molecule has 0 aromatic heterocycles.